The normalized spacial score (nSPS) is 12.6. The van der Waals surface area contributed by atoms with Crippen LogP contribution in [0.15, 0.2) is 41.4 Å². The zero-order valence-corrected chi connectivity index (χ0v) is 13.3. The van der Waals surface area contributed by atoms with E-state index in [1.807, 2.05) is 29.7 Å². The fourth-order valence-electron chi connectivity index (χ4n) is 2.05. The largest absolute Gasteiger partial charge is 0.310 e. The molecule has 2 rings (SSSR count). The van der Waals surface area contributed by atoms with E-state index >= 15 is 0 Å². The van der Waals surface area contributed by atoms with Gasteiger partial charge in [-0.1, -0.05) is 19.1 Å². The number of hydrogen-bond acceptors (Lipinski definition) is 3. The van der Waals surface area contributed by atoms with Gasteiger partial charge < -0.3 is 5.32 Å². The molecule has 1 aromatic heterocycles. The summed E-state index contributed by atoms with van der Waals surface area (Å²) in [5.41, 5.74) is 2.48. The van der Waals surface area contributed by atoms with E-state index in [1.54, 1.807) is 0 Å². The summed E-state index contributed by atoms with van der Waals surface area (Å²) >= 11 is 1.84. The molecule has 2 aromatic rings. The summed E-state index contributed by atoms with van der Waals surface area (Å²) < 4.78 is 1.85. The third kappa shape index (κ3) is 4.39. The first kappa shape index (κ1) is 15.1. The number of nitrogens with one attached hydrogen (secondary N) is 1. The molecule has 0 aliphatic heterocycles. The Balaban J connectivity index is 1.95. The zero-order chi connectivity index (χ0) is 14.4. The SMILES string of the molecule is CCCNC(C)c1cccc(SCc2ccn(C)n2)c1. The van der Waals surface area contributed by atoms with Gasteiger partial charge in [-0.25, -0.2) is 0 Å². The average molecular weight is 289 g/mol. The highest BCUT2D eigenvalue weighted by Crippen LogP contribution is 2.25. The summed E-state index contributed by atoms with van der Waals surface area (Å²) in [6, 6.07) is 11.3. The quantitative estimate of drug-likeness (QED) is 0.787. The highest BCUT2D eigenvalue weighted by atomic mass is 32.2. The van der Waals surface area contributed by atoms with Crippen LogP contribution in [0.2, 0.25) is 0 Å². The molecule has 0 saturated carbocycles. The standard InChI is InChI=1S/C16H23N3S/c1-4-9-17-13(2)14-6-5-7-16(11-14)20-12-15-8-10-19(3)18-15/h5-8,10-11,13,17H,4,9,12H2,1-3H3. The molecule has 3 nitrogen and oxygen atoms in total. The van der Waals surface area contributed by atoms with Crippen LogP contribution in [0.4, 0.5) is 0 Å². The van der Waals surface area contributed by atoms with Crippen molar-refractivity contribution in [3.63, 3.8) is 0 Å². The fraction of sp³-hybridized carbons (Fsp3) is 0.438. The van der Waals surface area contributed by atoms with Crippen molar-refractivity contribution in [2.24, 2.45) is 7.05 Å². The summed E-state index contributed by atoms with van der Waals surface area (Å²) in [5.74, 6) is 0.918. The molecule has 1 aromatic carbocycles. The predicted octanol–water partition coefficient (Wildman–Crippen LogP) is 3.77. The molecule has 0 radical (unpaired) electrons. The van der Waals surface area contributed by atoms with Crippen molar-refractivity contribution >= 4 is 11.8 Å². The molecule has 0 amide bonds. The lowest BCUT2D eigenvalue weighted by Gasteiger charge is -2.14. The monoisotopic (exact) mass is 289 g/mol. The minimum Gasteiger partial charge on any atom is -0.310 e. The fourth-order valence-corrected chi connectivity index (χ4v) is 2.91. The van der Waals surface area contributed by atoms with Crippen LogP contribution in [-0.4, -0.2) is 16.3 Å². The average Bonchev–Trinajstić information content (AvgIpc) is 2.88. The van der Waals surface area contributed by atoms with Crippen LogP contribution in [0.1, 0.15) is 37.6 Å². The Kier molecular flexibility index (Phi) is 5.68. The van der Waals surface area contributed by atoms with E-state index in [2.05, 4.69) is 54.6 Å². The van der Waals surface area contributed by atoms with Crippen molar-refractivity contribution in [2.75, 3.05) is 6.54 Å². The second-order valence-corrected chi connectivity index (χ2v) is 6.07. The number of aromatic nitrogens is 2. The van der Waals surface area contributed by atoms with Gasteiger partial charge in [-0.05, 0) is 43.7 Å². The molecular formula is C16H23N3S. The van der Waals surface area contributed by atoms with Gasteiger partial charge >= 0.3 is 0 Å². The summed E-state index contributed by atoms with van der Waals surface area (Å²) in [5, 5.41) is 7.94. The number of nitrogens with zero attached hydrogens (tertiary/aromatic N) is 2. The van der Waals surface area contributed by atoms with E-state index < -0.39 is 0 Å². The highest BCUT2D eigenvalue weighted by Gasteiger charge is 2.05. The van der Waals surface area contributed by atoms with Gasteiger partial charge in [0.15, 0.2) is 0 Å². The van der Waals surface area contributed by atoms with Crippen molar-refractivity contribution < 1.29 is 0 Å². The van der Waals surface area contributed by atoms with Crippen molar-refractivity contribution in [2.45, 2.75) is 37.0 Å². The lowest BCUT2D eigenvalue weighted by molar-refractivity contribution is 0.570. The number of aryl methyl sites for hydroxylation is 1. The summed E-state index contributed by atoms with van der Waals surface area (Å²) in [6.45, 7) is 5.48. The Labute approximate surface area is 125 Å². The van der Waals surface area contributed by atoms with Crippen LogP contribution in [0, 0.1) is 0 Å². The molecular weight excluding hydrogens is 266 g/mol. The van der Waals surface area contributed by atoms with Gasteiger partial charge in [-0.3, -0.25) is 4.68 Å². The summed E-state index contributed by atoms with van der Waals surface area (Å²) in [7, 11) is 1.95. The van der Waals surface area contributed by atoms with Crippen LogP contribution in [0.3, 0.4) is 0 Å². The zero-order valence-electron chi connectivity index (χ0n) is 12.5. The molecule has 0 fully saturated rings. The molecule has 1 atom stereocenters. The predicted molar refractivity (Wildman–Crippen MR) is 85.9 cm³/mol. The van der Waals surface area contributed by atoms with Crippen LogP contribution in [0.25, 0.3) is 0 Å². The maximum Gasteiger partial charge on any atom is 0.0727 e. The Hall–Kier alpha value is -1.26. The second-order valence-electron chi connectivity index (χ2n) is 5.02. The molecule has 4 heteroatoms. The molecule has 0 aliphatic carbocycles. The van der Waals surface area contributed by atoms with Crippen LogP contribution < -0.4 is 5.32 Å². The minimum absolute atomic E-state index is 0.408. The first-order valence-electron chi connectivity index (χ1n) is 7.13. The highest BCUT2D eigenvalue weighted by molar-refractivity contribution is 7.98. The van der Waals surface area contributed by atoms with Crippen molar-refractivity contribution in [3.8, 4) is 0 Å². The number of rotatable bonds is 7. The topological polar surface area (TPSA) is 29.9 Å². The molecule has 0 aliphatic rings. The third-order valence-corrected chi connectivity index (χ3v) is 4.24. The first-order chi connectivity index (χ1) is 9.69. The van der Waals surface area contributed by atoms with E-state index in [0.717, 1.165) is 18.0 Å². The van der Waals surface area contributed by atoms with E-state index in [0.29, 0.717) is 6.04 Å². The Morgan fingerprint density at radius 3 is 2.90 bits per heavy atom. The van der Waals surface area contributed by atoms with Crippen molar-refractivity contribution in [1.29, 1.82) is 0 Å². The van der Waals surface area contributed by atoms with E-state index in [-0.39, 0.29) is 0 Å². The maximum atomic E-state index is 4.41. The molecule has 0 bridgehead atoms. The maximum absolute atomic E-state index is 4.41. The van der Waals surface area contributed by atoms with Gasteiger partial charge in [-0.15, -0.1) is 11.8 Å². The van der Waals surface area contributed by atoms with Crippen LogP contribution in [-0.2, 0) is 12.8 Å². The summed E-state index contributed by atoms with van der Waals surface area (Å²) in [6.07, 6.45) is 3.15. The molecule has 1 unspecified atom stereocenters. The van der Waals surface area contributed by atoms with Gasteiger partial charge in [0.05, 0.1) is 5.69 Å². The second kappa shape index (κ2) is 7.50. The van der Waals surface area contributed by atoms with Gasteiger partial charge in [-0.2, -0.15) is 5.10 Å². The van der Waals surface area contributed by atoms with Gasteiger partial charge in [0.1, 0.15) is 0 Å². The Morgan fingerprint density at radius 2 is 2.20 bits per heavy atom. The first-order valence-corrected chi connectivity index (χ1v) is 8.12. The Morgan fingerprint density at radius 1 is 1.35 bits per heavy atom. The lowest BCUT2D eigenvalue weighted by atomic mass is 10.1. The molecule has 108 valence electrons. The number of hydrogen-bond donors (Lipinski definition) is 1. The van der Waals surface area contributed by atoms with Crippen molar-refractivity contribution in [3.05, 3.63) is 47.8 Å². The van der Waals surface area contributed by atoms with Gasteiger partial charge in [0, 0.05) is 29.9 Å². The molecule has 20 heavy (non-hydrogen) atoms. The van der Waals surface area contributed by atoms with Crippen molar-refractivity contribution in [1.82, 2.24) is 15.1 Å². The lowest BCUT2D eigenvalue weighted by Crippen LogP contribution is -2.19. The van der Waals surface area contributed by atoms with E-state index in [4.69, 9.17) is 0 Å². The van der Waals surface area contributed by atoms with Crippen LogP contribution in [0.5, 0.6) is 0 Å². The number of thioether (sulfide) groups is 1. The van der Waals surface area contributed by atoms with E-state index in [1.165, 1.54) is 16.9 Å². The minimum atomic E-state index is 0.408. The van der Waals surface area contributed by atoms with Gasteiger partial charge in [0.25, 0.3) is 0 Å². The summed E-state index contributed by atoms with van der Waals surface area (Å²) in [4.78, 5) is 1.30. The molecule has 1 N–H and O–H groups in total. The molecule has 0 saturated heterocycles. The van der Waals surface area contributed by atoms with Crippen LogP contribution >= 0.6 is 11.8 Å². The molecule has 1 heterocycles. The third-order valence-electron chi connectivity index (χ3n) is 3.21. The van der Waals surface area contributed by atoms with E-state index in [9.17, 15) is 0 Å². The Bertz CT molecular complexity index is 536. The van der Waals surface area contributed by atoms with Gasteiger partial charge in [0.2, 0.25) is 0 Å². The number of benzene rings is 1. The smallest absolute Gasteiger partial charge is 0.0727 e. The molecule has 0 spiro atoms.